The van der Waals surface area contributed by atoms with E-state index in [1.807, 2.05) is 0 Å². The maximum Gasteiger partial charge on any atom is 0.105 e. The summed E-state index contributed by atoms with van der Waals surface area (Å²) in [4.78, 5) is 7.27. The van der Waals surface area contributed by atoms with Crippen LogP contribution in [-0.2, 0) is 14.2 Å². The number of rotatable bonds is 12. The van der Waals surface area contributed by atoms with Crippen LogP contribution in [0.3, 0.4) is 0 Å². The first-order valence-electron chi connectivity index (χ1n) is 9.43. The molecule has 0 aromatic carbocycles. The van der Waals surface area contributed by atoms with Gasteiger partial charge in [-0.25, -0.2) is 0 Å². The normalized spacial score (nSPS) is 18.0. The summed E-state index contributed by atoms with van der Waals surface area (Å²) in [7, 11) is 0. The second-order valence-electron chi connectivity index (χ2n) is 8.91. The van der Waals surface area contributed by atoms with Gasteiger partial charge in [0.15, 0.2) is 0 Å². The summed E-state index contributed by atoms with van der Waals surface area (Å²) in [6, 6.07) is 0. The molecule has 1 fully saturated rings. The Morgan fingerprint density at radius 3 is 1.00 bits per heavy atom. The van der Waals surface area contributed by atoms with Gasteiger partial charge in [0.25, 0.3) is 0 Å². The summed E-state index contributed by atoms with van der Waals surface area (Å²) >= 11 is 0. The lowest BCUT2D eigenvalue weighted by atomic mass is 9.99. The molecule has 0 spiro atoms. The highest BCUT2D eigenvalue weighted by Crippen LogP contribution is 2.29. The summed E-state index contributed by atoms with van der Waals surface area (Å²) in [6.07, 6.45) is 4.51. The standard InChI is InChI=1S/C21H39N3O3/c1-10-25-13-19(4,5)22-16-23(20(6,7)14-26-11-2)18-24(17-22)21(8,9)15-27-12-3/h10-12H,1-3,13-18H2,4-9H3. The molecule has 27 heavy (non-hydrogen) atoms. The minimum Gasteiger partial charge on any atom is -0.500 e. The van der Waals surface area contributed by atoms with Crippen LogP contribution < -0.4 is 0 Å². The Hall–Kier alpha value is -1.50. The van der Waals surface area contributed by atoms with Crippen molar-refractivity contribution in [2.45, 2.75) is 58.2 Å². The Labute approximate surface area is 166 Å². The number of hydrogen-bond acceptors (Lipinski definition) is 6. The summed E-state index contributed by atoms with van der Waals surface area (Å²) < 4.78 is 16.6. The second kappa shape index (κ2) is 9.62. The number of ether oxygens (including phenoxy) is 3. The minimum absolute atomic E-state index is 0.157. The molecule has 156 valence electrons. The topological polar surface area (TPSA) is 37.4 Å². The molecule has 6 heteroatoms. The predicted molar refractivity (Wildman–Crippen MR) is 111 cm³/mol. The van der Waals surface area contributed by atoms with Gasteiger partial charge in [-0.15, -0.1) is 0 Å². The molecular weight excluding hydrogens is 342 g/mol. The van der Waals surface area contributed by atoms with E-state index in [1.54, 1.807) is 0 Å². The van der Waals surface area contributed by atoms with Crippen LogP contribution in [0, 0.1) is 0 Å². The molecule has 1 rings (SSSR count). The van der Waals surface area contributed by atoms with Crippen LogP contribution in [0.4, 0.5) is 0 Å². The van der Waals surface area contributed by atoms with Gasteiger partial charge in [-0.2, -0.15) is 0 Å². The molecule has 0 atom stereocenters. The Balaban J connectivity index is 3.09. The van der Waals surface area contributed by atoms with Crippen molar-refractivity contribution in [2.75, 3.05) is 39.8 Å². The molecule has 0 aromatic rings. The van der Waals surface area contributed by atoms with Crippen molar-refractivity contribution < 1.29 is 14.2 Å². The molecule has 0 saturated carbocycles. The highest BCUT2D eigenvalue weighted by molar-refractivity contribution is 4.94. The van der Waals surface area contributed by atoms with Gasteiger partial charge < -0.3 is 14.2 Å². The fraction of sp³-hybridized carbons (Fsp3) is 0.714. The molecule has 0 aliphatic carbocycles. The Kier molecular flexibility index (Phi) is 8.39. The molecular formula is C21H39N3O3. The first-order chi connectivity index (χ1) is 12.5. The Morgan fingerprint density at radius 2 is 0.815 bits per heavy atom. The van der Waals surface area contributed by atoms with Crippen molar-refractivity contribution in [3.05, 3.63) is 38.5 Å². The number of hydrogen-bond donors (Lipinski definition) is 0. The largest absolute Gasteiger partial charge is 0.500 e. The summed E-state index contributed by atoms with van der Waals surface area (Å²) in [6.45, 7) is 28.3. The van der Waals surface area contributed by atoms with Crippen molar-refractivity contribution in [2.24, 2.45) is 0 Å². The van der Waals surface area contributed by atoms with E-state index in [0.29, 0.717) is 19.8 Å². The van der Waals surface area contributed by atoms with E-state index in [4.69, 9.17) is 14.2 Å². The van der Waals surface area contributed by atoms with Crippen molar-refractivity contribution in [3.63, 3.8) is 0 Å². The maximum absolute atomic E-state index is 5.53. The van der Waals surface area contributed by atoms with Gasteiger partial charge in [0, 0.05) is 0 Å². The van der Waals surface area contributed by atoms with Crippen LogP contribution in [0.25, 0.3) is 0 Å². The van der Waals surface area contributed by atoms with Crippen molar-refractivity contribution in [3.8, 4) is 0 Å². The fourth-order valence-electron chi connectivity index (χ4n) is 2.96. The average Bonchev–Trinajstić information content (AvgIpc) is 2.62. The van der Waals surface area contributed by atoms with Crippen molar-refractivity contribution >= 4 is 0 Å². The molecule has 0 N–H and O–H groups in total. The molecule has 1 aliphatic heterocycles. The van der Waals surface area contributed by atoms with E-state index < -0.39 is 0 Å². The summed E-state index contributed by atoms with van der Waals surface area (Å²) in [5.74, 6) is 0. The molecule has 6 nitrogen and oxygen atoms in total. The molecule has 1 heterocycles. The van der Waals surface area contributed by atoms with Gasteiger partial charge in [0.2, 0.25) is 0 Å². The molecule has 0 bridgehead atoms. The summed E-state index contributed by atoms with van der Waals surface area (Å²) in [5.41, 5.74) is -0.471. The maximum atomic E-state index is 5.53. The average molecular weight is 382 g/mol. The molecule has 0 unspecified atom stereocenters. The second-order valence-corrected chi connectivity index (χ2v) is 8.91. The quantitative estimate of drug-likeness (QED) is 0.481. The van der Waals surface area contributed by atoms with Crippen LogP contribution in [-0.4, -0.2) is 71.1 Å². The first-order valence-corrected chi connectivity index (χ1v) is 9.43. The van der Waals surface area contributed by atoms with E-state index in [-0.39, 0.29) is 16.6 Å². The molecule has 0 aromatic heterocycles. The van der Waals surface area contributed by atoms with Crippen LogP contribution in [0.1, 0.15) is 41.5 Å². The third-order valence-electron chi connectivity index (χ3n) is 5.26. The van der Waals surface area contributed by atoms with E-state index in [1.165, 1.54) is 18.8 Å². The van der Waals surface area contributed by atoms with Crippen LogP contribution in [0.15, 0.2) is 38.5 Å². The van der Waals surface area contributed by atoms with Crippen LogP contribution in [0.2, 0.25) is 0 Å². The van der Waals surface area contributed by atoms with E-state index in [2.05, 4.69) is 76.0 Å². The summed E-state index contributed by atoms with van der Waals surface area (Å²) in [5, 5.41) is 0. The molecule has 0 radical (unpaired) electrons. The lowest BCUT2D eigenvalue weighted by Crippen LogP contribution is -2.69. The van der Waals surface area contributed by atoms with Crippen molar-refractivity contribution in [1.82, 2.24) is 14.7 Å². The van der Waals surface area contributed by atoms with Gasteiger partial charge in [-0.05, 0) is 41.5 Å². The fourth-order valence-corrected chi connectivity index (χ4v) is 2.96. The van der Waals surface area contributed by atoms with Gasteiger partial charge in [0.1, 0.15) is 19.8 Å². The zero-order chi connectivity index (χ0) is 20.7. The minimum atomic E-state index is -0.157. The monoisotopic (exact) mass is 381 g/mol. The highest BCUT2D eigenvalue weighted by atomic mass is 16.5. The van der Waals surface area contributed by atoms with Gasteiger partial charge in [0.05, 0.1) is 55.4 Å². The lowest BCUT2D eigenvalue weighted by Gasteiger charge is -2.55. The zero-order valence-corrected chi connectivity index (χ0v) is 18.2. The first kappa shape index (κ1) is 23.5. The number of nitrogens with zero attached hydrogens (tertiary/aromatic N) is 3. The predicted octanol–water partition coefficient (Wildman–Crippen LogP) is 3.59. The zero-order valence-electron chi connectivity index (χ0n) is 18.2. The van der Waals surface area contributed by atoms with Crippen LogP contribution >= 0.6 is 0 Å². The Morgan fingerprint density at radius 1 is 0.593 bits per heavy atom. The molecule has 1 saturated heterocycles. The van der Waals surface area contributed by atoms with Gasteiger partial charge >= 0.3 is 0 Å². The van der Waals surface area contributed by atoms with Crippen LogP contribution in [0.5, 0.6) is 0 Å². The highest BCUT2D eigenvalue weighted by Gasteiger charge is 2.43. The third kappa shape index (κ3) is 6.55. The molecule has 1 aliphatic rings. The van der Waals surface area contributed by atoms with E-state index in [0.717, 1.165) is 20.0 Å². The van der Waals surface area contributed by atoms with Crippen molar-refractivity contribution in [1.29, 1.82) is 0 Å². The van der Waals surface area contributed by atoms with E-state index >= 15 is 0 Å². The SMILES string of the molecule is C=COCC(C)(C)N1CN(C(C)(C)COC=C)CN(C(C)(C)COC=C)C1. The van der Waals surface area contributed by atoms with E-state index in [9.17, 15) is 0 Å². The third-order valence-corrected chi connectivity index (χ3v) is 5.26. The van der Waals surface area contributed by atoms with Gasteiger partial charge in [-0.3, -0.25) is 14.7 Å². The van der Waals surface area contributed by atoms with Gasteiger partial charge in [-0.1, -0.05) is 19.7 Å². The Bertz CT molecular complexity index is 426. The molecule has 0 amide bonds. The lowest BCUT2D eigenvalue weighted by molar-refractivity contribution is -0.157. The smallest absolute Gasteiger partial charge is 0.105 e.